The molecule has 0 aliphatic carbocycles. The van der Waals surface area contributed by atoms with Crippen molar-refractivity contribution in [1.29, 1.82) is 0 Å². The predicted molar refractivity (Wildman–Crippen MR) is 147 cm³/mol. The molecule has 4 aromatic rings. The second-order valence-electron chi connectivity index (χ2n) is 8.22. The summed E-state index contributed by atoms with van der Waals surface area (Å²) < 4.78 is 17.1. The van der Waals surface area contributed by atoms with E-state index < -0.39 is 12.1 Å². The van der Waals surface area contributed by atoms with Gasteiger partial charge in [0.15, 0.2) is 0 Å². The van der Waals surface area contributed by atoms with Gasteiger partial charge in [0.2, 0.25) is 0 Å². The Morgan fingerprint density at radius 1 is 1.00 bits per heavy atom. The minimum atomic E-state index is -0.920. The smallest absolute Gasteiger partial charge is 0.407 e. The number of nitrogens with two attached hydrogens (primary N) is 1. The molecular formula is C30H34N2O6. The number of para-hydroxylation sites is 1. The average Bonchev–Trinajstić information content (AvgIpc) is 3.35. The number of alkyl carbamates (subject to hydrolysis) is 1. The molecule has 0 bridgehead atoms. The highest BCUT2D eigenvalue weighted by molar-refractivity contribution is 5.93. The maximum atomic E-state index is 11.7. The maximum absolute atomic E-state index is 11.7. The molecule has 0 saturated carbocycles. The zero-order valence-electron chi connectivity index (χ0n) is 22.0. The van der Waals surface area contributed by atoms with E-state index >= 15 is 0 Å². The van der Waals surface area contributed by atoms with Gasteiger partial charge in [0.05, 0.1) is 19.6 Å². The van der Waals surface area contributed by atoms with Crippen LogP contribution in [-0.2, 0) is 35.6 Å². The van der Waals surface area contributed by atoms with Gasteiger partial charge in [-0.15, -0.1) is 0 Å². The van der Waals surface area contributed by atoms with Crippen molar-refractivity contribution < 1.29 is 28.6 Å². The van der Waals surface area contributed by atoms with E-state index in [0.29, 0.717) is 29.2 Å². The second-order valence-corrected chi connectivity index (χ2v) is 8.22. The zero-order chi connectivity index (χ0) is 27.5. The van der Waals surface area contributed by atoms with Crippen LogP contribution >= 0.6 is 0 Å². The molecule has 0 unspecified atom stereocenters. The number of rotatable bonds is 10. The summed E-state index contributed by atoms with van der Waals surface area (Å²) in [6, 6.07) is 20.8. The van der Waals surface area contributed by atoms with E-state index in [2.05, 4.69) is 5.32 Å². The molecule has 0 saturated heterocycles. The van der Waals surface area contributed by atoms with Crippen LogP contribution in [0.2, 0.25) is 0 Å². The van der Waals surface area contributed by atoms with Gasteiger partial charge in [-0.1, -0.05) is 50.2 Å². The standard InChI is InChI=1S/C28H28N2O6.C2H6/c1-2-34-28(33)30-16-23-13-22-11-19(17-35-25-9-4-3-7-21(25)14-26(31)32)12-24(27(22)36-23)20-8-5-6-18(10-20)15-29;1-2/h3-13H,2,14-17,29H2,1H3,(H,30,33)(H,31,32);1-2H3. The molecule has 1 aromatic heterocycles. The highest BCUT2D eigenvalue weighted by Gasteiger charge is 2.15. The van der Waals surface area contributed by atoms with Crippen molar-refractivity contribution in [3.05, 3.63) is 89.2 Å². The first-order chi connectivity index (χ1) is 18.5. The number of amides is 1. The van der Waals surface area contributed by atoms with Crippen LogP contribution in [0.1, 0.15) is 43.2 Å². The number of aliphatic carboxylic acids is 1. The third-order valence-electron chi connectivity index (χ3n) is 5.59. The number of furan rings is 1. The fraction of sp³-hybridized carbons (Fsp3) is 0.267. The number of carbonyl (C=O) groups is 2. The lowest BCUT2D eigenvalue weighted by molar-refractivity contribution is -0.136. The first kappa shape index (κ1) is 28.3. The zero-order valence-corrected chi connectivity index (χ0v) is 22.0. The van der Waals surface area contributed by atoms with Crippen molar-refractivity contribution in [2.24, 2.45) is 5.73 Å². The van der Waals surface area contributed by atoms with Crippen LogP contribution in [0.25, 0.3) is 22.1 Å². The summed E-state index contributed by atoms with van der Waals surface area (Å²) in [5.41, 5.74) is 10.8. The highest BCUT2D eigenvalue weighted by Crippen LogP contribution is 2.34. The summed E-state index contributed by atoms with van der Waals surface area (Å²) >= 11 is 0. The van der Waals surface area contributed by atoms with Crippen molar-refractivity contribution in [3.8, 4) is 16.9 Å². The Morgan fingerprint density at radius 3 is 2.53 bits per heavy atom. The first-order valence-corrected chi connectivity index (χ1v) is 12.6. The van der Waals surface area contributed by atoms with E-state index in [0.717, 1.165) is 27.6 Å². The lowest BCUT2D eigenvalue weighted by atomic mass is 9.99. The van der Waals surface area contributed by atoms with Gasteiger partial charge < -0.3 is 30.0 Å². The number of nitrogens with one attached hydrogen (secondary N) is 1. The molecule has 3 aromatic carbocycles. The Bertz CT molecular complexity index is 1380. The summed E-state index contributed by atoms with van der Waals surface area (Å²) in [6.45, 7) is 6.85. The van der Waals surface area contributed by atoms with Crippen LogP contribution in [0, 0.1) is 0 Å². The van der Waals surface area contributed by atoms with Gasteiger partial charge in [0, 0.05) is 23.1 Å². The van der Waals surface area contributed by atoms with E-state index in [1.165, 1.54) is 0 Å². The summed E-state index contributed by atoms with van der Waals surface area (Å²) in [5, 5.41) is 12.7. The summed E-state index contributed by atoms with van der Waals surface area (Å²) in [4.78, 5) is 22.9. The van der Waals surface area contributed by atoms with E-state index in [9.17, 15) is 14.7 Å². The van der Waals surface area contributed by atoms with Crippen molar-refractivity contribution in [3.63, 3.8) is 0 Å². The molecule has 0 atom stereocenters. The Hall–Kier alpha value is -4.30. The third kappa shape index (κ3) is 7.36. The Morgan fingerprint density at radius 2 is 1.79 bits per heavy atom. The van der Waals surface area contributed by atoms with Crippen molar-refractivity contribution in [2.75, 3.05) is 6.61 Å². The maximum Gasteiger partial charge on any atom is 0.407 e. The monoisotopic (exact) mass is 518 g/mol. The first-order valence-electron chi connectivity index (χ1n) is 12.6. The normalized spacial score (nSPS) is 10.4. The molecule has 1 heterocycles. The molecule has 8 nitrogen and oxygen atoms in total. The Balaban J connectivity index is 0.00000195. The largest absolute Gasteiger partial charge is 0.489 e. The number of carboxylic acids is 1. The van der Waals surface area contributed by atoms with Gasteiger partial charge >= 0.3 is 12.1 Å². The van der Waals surface area contributed by atoms with Crippen LogP contribution in [0.4, 0.5) is 4.79 Å². The number of benzene rings is 3. The molecule has 0 aliphatic heterocycles. The minimum Gasteiger partial charge on any atom is -0.489 e. The number of hydrogen-bond donors (Lipinski definition) is 3. The Kier molecular flexibility index (Phi) is 10.3. The molecule has 0 fully saturated rings. The van der Waals surface area contributed by atoms with Gasteiger partial charge in [-0.05, 0) is 53.9 Å². The number of ether oxygens (including phenoxy) is 2. The molecule has 0 radical (unpaired) electrons. The molecule has 38 heavy (non-hydrogen) atoms. The molecule has 1 amide bonds. The lowest BCUT2D eigenvalue weighted by Crippen LogP contribution is -2.23. The minimum absolute atomic E-state index is 0.120. The van der Waals surface area contributed by atoms with Crippen molar-refractivity contribution in [1.82, 2.24) is 5.32 Å². The number of hydrogen-bond acceptors (Lipinski definition) is 6. The van der Waals surface area contributed by atoms with Gasteiger partial charge in [0.1, 0.15) is 23.7 Å². The van der Waals surface area contributed by atoms with E-state index in [4.69, 9.17) is 19.6 Å². The van der Waals surface area contributed by atoms with E-state index in [1.54, 1.807) is 25.1 Å². The van der Waals surface area contributed by atoms with Gasteiger partial charge in [-0.25, -0.2) is 4.79 Å². The summed E-state index contributed by atoms with van der Waals surface area (Å²) in [5.74, 6) is 0.189. The van der Waals surface area contributed by atoms with Crippen LogP contribution in [0.5, 0.6) is 5.75 Å². The van der Waals surface area contributed by atoms with Gasteiger partial charge in [0.25, 0.3) is 0 Å². The van der Waals surface area contributed by atoms with Crippen LogP contribution in [-0.4, -0.2) is 23.8 Å². The SMILES string of the molecule is CC.CCOC(=O)NCc1cc2cc(COc3ccccc3CC(=O)O)cc(-c3cccc(CN)c3)c2o1. The molecule has 4 N–H and O–H groups in total. The molecule has 200 valence electrons. The van der Waals surface area contributed by atoms with Crippen LogP contribution in [0.3, 0.4) is 0 Å². The Labute approximate surface area is 222 Å². The summed E-state index contributed by atoms with van der Waals surface area (Å²) in [7, 11) is 0. The predicted octanol–water partition coefficient (Wildman–Crippen LogP) is 6.04. The number of carboxylic acid groups (broad SMARTS) is 1. The number of fused-ring (bicyclic) bond motifs is 1. The van der Waals surface area contributed by atoms with Gasteiger partial charge in [-0.2, -0.15) is 0 Å². The molecule has 4 rings (SSSR count). The highest BCUT2D eigenvalue weighted by atomic mass is 16.5. The average molecular weight is 519 g/mol. The fourth-order valence-electron chi connectivity index (χ4n) is 3.98. The third-order valence-corrected chi connectivity index (χ3v) is 5.59. The topological polar surface area (TPSA) is 124 Å². The van der Waals surface area contributed by atoms with Crippen LogP contribution < -0.4 is 15.8 Å². The molecule has 0 aliphatic rings. The second kappa shape index (κ2) is 13.9. The van der Waals surface area contributed by atoms with Crippen molar-refractivity contribution in [2.45, 2.75) is 46.9 Å². The number of carbonyl (C=O) groups excluding carboxylic acids is 1. The molecular weight excluding hydrogens is 484 g/mol. The summed E-state index contributed by atoms with van der Waals surface area (Å²) in [6.07, 6.45) is -0.631. The van der Waals surface area contributed by atoms with Crippen LogP contribution in [0.15, 0.2) is 71.1 Å². The van der Waals surface area contributed by atoms with Gasteiger partial charge in [-0.3, -0.25) is 4.79 Å². The quantitative estimate of drug-likeness (QED) is 0.234. The van der Waals surface area contributed by atoms with E-state index in [1.807, 2.05) is 62.4 Å². The van der Waals surface area contributed by atoms with Crippen molar-refractivity contribution >= 4 is 23.0 Å². The molecule has 8 heteroatoms. The molecule has 0 spiro atoms. The fourth-order valence-corrected chi connectivity index (χ4v) is 3.98. The van der Waals surface area contributed by atoms with E-state index in [-0.39, 0.29) is 26.2 Å². The lowest BCUT2D eigenvalue weighted by Gasteiger charge is -2.12.